The van der Waals surface area contributed by atoms with Gasteiger partial charge in [0.1, 0.15) is 6.04 Å². The van der Waals surface area contributed by atoms with Gasteiger partial charge in [0.2, 0.25) is 0 Å². The van der Waals surface area contributed by atoms with Crippen molar-refractivity contribution in [2.75, 3.05) is 18.1 Å². The fourth-order valence-corrected chi connectivity index (χ4v) is 1.48. The Balaban J connectivity index is 2.96. The SMILES string of the molecule is CCOC(=O)[C@@H](C)NC(=O)c1nc(N)c(C(C)=O)nc1N. The summed E-state index contributed by atoms with van der Waals surface area (Å²) < 4.78 is 4.75. The molecule has 9 nitrogen and oxygen atoms in total. The van der Waals surface area contributed by atoms with E-state index in [-0.39, 0.29) is 29.6 Å². The number of esters is 1. The van der Waals surface area contributed by atoms with Crippen molar-refractivity contribution in [2.45, 2.75) is 26.8 Å². The predicted molar refractivity (Wildman–Crippen MR) is 74.4 cm³/mol. The van der Waals surface area contributed by atoms with Gasteiger partial charge in [0.15, 0.2) is 28.8 Å². The van der Waals surface area contributed by atoms with Crippen molar-refractivity contribution in [1.29, 1.82) is 0 Å². The lowest BCUT2D eigenvalue weighted by Crippen LogP contribution is -2.40. The minimum atomic E-state index is -0.882. The third-order valence-corrected chi connectivity index (χ3v) is 2.49. The Bertz CT molecular complexity index is 587. The van der Waals surface area contributed by atoms with Crippen LogP contribution in [0.5, 0.6) is 0 Å². The molecule has 1 aromatic rings. The molecule has 0 spiro atoms. The number of nitrogens with one attached hydrogen (secondary N) is 1. The van der Waals surface area contributed by atoms with Gasteiger partial charge in [-0.05, 0) is 13.8 Å². The number of carbonyl (C=O) groups is 3. The Hall–Kier alpha value is -2.71. The highest BCUT2D eigenvalue weighted by molar-refractivity contribution is 6.01. The number of anilines is 2. The van der Waals surface area contributed by atoms with E-state index in [1.54, 1.807) is 6.92 Å². The molecule has 0 aliphatic rings. The number of aromatic nitrogens is 2. The molecule has 1 atom stereocenters. The van der Waals surface area contributed by atoms with Crippen molar-refractivity contribution in [2.24, 2.45) is 0 Å². The van der Waals surface area contributed by atoms with Crippen molar-refractivity contribution in [3.05, 3.63) is 11.4 Å². The number of ether oxygens (including phenoxy) is 1. The van der Waals surface area contributed by atoms with E-state index in [4.69, 9.17) is 16.2 Å². The van der Waals surface area contributed by atoms with Crippen molar-refractivity contribution >= 4 is 29.3 Å². The first-order chi connectivity index (χ1) is 9.77. The van der Waals surface area contributed by atoms with Gasteiger partial charge in [-0.3, -0.25) is 9.59 Å². The number of amides is 1. The van der Waals surface area contributed by atoms with Gasteiger partial charge in [-0.1, -0.05) is 0 Å². The zero-order valence-electron chi connectivity index (χ0n) is 12.0. The van der Waals surface area contributed by atoms with Gasteiger partial charge in [0, 0.05) is 6.92 Å². The second-order valence-electron chi connectivity index (χ2n) is 4.19. The molecule has 0 saturated carbocycles. The van der Waals surface area contributed by atoms with E-state index >= 15 is 0 Å². The summed E-state index contributed by atoms with van der Waals surface area (Å²) in [6.45, 7) is 4.55. The summed E-state index contributed by atoms with van der Waals surface area (Å²) in [4.78, 5) is 42.1. The summed E-state index contributed by atoms with van der Waals surface area (Å²) >= 11 is 0. The molecule has 0 fully saturated rings. The summed E-state index contributed by atoms with van der Waals surface area (Å²) in [5.74, 6) is -2.19. The first kappa shape index (κ1) is 16.3. The molecule has 1 heterocycles. The van der Waals surface area contributed by atoms with Crippen molar-refractivity contribution in [1.82, 2.24) is 15.3 Å². The maximum absolute atomic E-state index is 12.0. The van der Waals surface area contributed by atoms with Crippen LogP contribution in [0.1, 0.15) is 41.7 Å². The smallest absolute Gasteiger partial charge is 0.328 e. The number of hydrogen-bond acceptors (Lipinski definition) is 8. The second-order valence-corrected chi connectivity index (χ2v) is 4.19. The molecule has 9 heteroatoms. The molecule has 5 N–H and O–H groups in total. The Kier molecular flexibility index (Phi) is 5.17. The summed E-state index contributed by atoms with van der Waals surface area (Å²) in [5, 5.41) is 2.36. The topological polar surface area (TPSA) is 150 Å². The number of nitrogens with two attached hydrogens (primary N) is 2. The molecule has 1 aromatic heterocycles. The van der Waals surface area contributed by atoms with Crippen molar-refractivity contribution in [3.63, 3.8) is 0 Å². The highest BCUT2D eigenvalue weighted by Gasteiger charge is 2.22. The molecule has 0 radical (unpaired) electrons. The number of ketones is 1. The number of Topliss-reactive ketones (excluding diaryl/α,β-unsaturated/α-hetero) is 1. The summed E-state index contributed by atoms with van der Waals surface area (Å²) in [6, 6.07) is -0.882. The number of nitrogens with zero attached hydrogens (tertiary/aromatic N) is 2. The summed E-state index contributed by atoms with van der Waals surface area (Å²) in [7, 11) is 0. The fourth-order valence-electron chi connectivity index (χ4n) is 1.48. The Labute approximate surface area is 121 Å². The van der Waals surface area contributed by atoms with E-state index in [0.717, 1.165) is 0 Å². The number of rotatable bonds is 5. The zero-order chi connectivity index (χ0) is 16.2. The minimum Gasteiger partial charge on any atom is -0.464 e. The minimum absolute atomic E-state index is 0.109. The van der Waals surface area contributed by atoms with Gasteiger partial charge in [-0.2, -0.15) is 0 Å². The molecular weight excluding hydrogens is 278 g/mol. The first-order valence-electron chi connectivity index (χ1n) is 6.19. The van der Waals surface area contributed by atoms with Crippen LogP contribution in [0.3, 0.4) is 0 Å². The average Bonchev–Trinajstić information content (AvgIpc) is 2.40. The number of nitrogen functional groups attached to an aromatic ring is 2. The normalized spacial score (nSPS) is 11.6. The molecule has 0 unspecified atom stereocenters. The van der Waals surface area contributed by atoms with E-state index in [0.29, 0.717) is 0 Å². The Morgan fingerprint density at radius 1 is 1.19 bits per heavy atom. The highest BCUT2D eigenvalue weighted by Crippen LogP contribution is 2.13. The van der Waals surface area contributed by atoms with Gasteiger partial charge in [0.05, 0.1) is 6.61 Å². The van der Waals surface area contributed by atoms with Crippen LogP contribution in [-0.2, 0) is 9.53 Å². The Morgan fingerprint density at radius 3 is 2.24 bits per heavy atom. The predicted octanol–water partition coefficient (Wildman–Crippen LogP) is -0.475. The molecule has 1 amide bonds. The van der Waals surface area contributed by atoms with Crippen LogP contribution in [-0.4, -0.2) is 40.3 Å². The lowest BCUT2D eigenvalue weighted by atomic mass is 10.2. The van der Waals surface area contributed by atoms with Gasteiger partial charge in [0.25, 0.3) is 5.91 Å². The molecule has 0 aliphatic carbocycles. The standard InChI is InChI=1S/C12H17N5O4/c1-4-21-12(20)5(2)15-11(19)8-10(14)16-7(6(3)18)9(13)17-8/h5H,4H2,1-3H3,(H2,13,17)(H2,14,16)(H,15,19)/t5-/m1/s1. The van der Waals surface area contributed by atoms with E-state index in [1.165, 1.54) is 13.8 Å². The first-order valence-corrected chi connectivity index (χ1v) is 6.19. The monoisotopic (exact) mass is 295 g/mol. The molecule has 0 aromatic carbocycles. The van der Waals surface area contributed by atoms with E-state index in [2.05, 4.69) is 15.3 Å². The number of carbonyl (C=O) groups excluding carboxylic acids is 3. The zero-order valence-corrected chi connectivity index (χ0v) is 12.0. The molecule has 21 heavy (non-hydrogen) atoms. The van der Waals surface area contributed by atoms with Crippen LogP contribution in [0.4, 0.5) is 11.6 Å². The molecule has 1 rings (SSSR count). The molecule has 0 aliphatic heterocycles. The highest BCUT2D eigenvalue weighted by atomic mass is 16.5. The van der Waals surface area contributed by atoms with E-state index in [1.807, 2.05) is 0 Å². The van der Waals surface area contributed by atoms with Crippen LogP contribution < -0.4 is 16.8 Å². The summed E-state index contributed by atoms with van der Waals surface area (Å²) in [5.41, 5.74) is 10.8. The van der Waals surface area contributed by atoms with Gasteiger partial charge < -0.3 is 21.5 Å². The van der Waals surface area contributed by atoms with Crippen LogP contribution in [0.15, 0.2) is 0 Å². The molecule has 114 valence electrons. The maximum Gasteiger partial charge on any atom is 0.328 e. The quantitative estimate of drug-likeness (QED) is 0.487. The van der Waals surface area contributed by atoms with Crippen molar-refractivity contribution < 1.29 is 19.1 Å². The van der Waals surface area contributed by atoms with Crippen LogP contribution in [0.25, 0.3) is 0 Å². The lowest BCUT2D eigenvalue weighted by molar-refractivity contribution is -0.144. The largest absolute Gasteiger partial charge is 0.464 e. The van der Waals surface area contributed by atoms with Gasteiger partial charge in [-0.15, -0.1) is 0 Å². The van der Waals surface area contributed by atoms with Gasteiger partial charge in [-0.25, -0.2) is 14.8 Å². The van der Waals surface area contributed by atoms with Crippen LogP contribution in [0, 0.1) is 0 Å². The average molecular weight is 295 g/mol. The summed E-state index contributed by atoms with van der Waals surface area (Å²) in [6.07, 6.45) is 0. The molecule has 0 saturated heterocycles. The van der Waals surface area contributed by atoms with Crippen LogP contribution in [0.2, 0.25) is 0 Å². The second kappa shape index (κ2) is 6.64. The third-order valence-electron chi connectivity index (χ3n) is 2.49. The van der Waals surface area contributed by atoms with E-state index in [9.17, 15) is 14.4 Å². The lowest BCUT2D eigenvalue weighted by Gasteiger charge is -2.13. The van der Waals surface area contributed by atoms with Crippen LogP contribution >= 0.6 is 0 Å². The Morgan fingerprint density at radius 2 is 1.71 bits per heavy atom. The molecule has 0 bridgehead atoms. The maximum atomic E-state index is 12.0. The van der Waals surface area contributed by atoms with Gasteiger partial charge >= 0.3 is 5.97 Å². The van der Waals surface area contributed by atoms with E-state index < -0.39 is 23.7 Å². The van der Waals surface area contributed by atoms with Crippen molar-refractivity contribution in [3.8, 4) is 0 Å². The third kappa shape index (κ3) is 3.88. The molecular formula is C12H17N5O4. The fraction of sp³-hybridized carbons (Fsp3) is 0.417. The number of hydrogen-bond donors (Lipinski definition) is 3.